The van der Waals surface area contributed by atoms with Gasteiger partial charge in [-0.25, -0.2) is 9.37 Å². The van der Waals surface area contributed by atoms with Gasteiger partial charge in [0.2, 0.25) is 0 Å². The van der Waals surface area contributed by atoms with E-state index in [4.69, 9.17) is 0 Å². The van der Waals surface area contributed by atoms with E-state index in [1.165, 1.54) is 17.4 Å². The molecule has 3 aromatic rings. The third kappa shape index (κ3) is 2.80. The topological polar surface area (TPSA) is 33.2 Å². The fourth-order valence-corrected chi connectivity index (χ4v) is 4.11. The standard InChI is InChI=1S/C19H17FN2OS/c20-15-5-3-4-13(10-15)17-6-1-2-9-22(17)19(23)14-7-8-16-18(11-14)24-12-21-16/h3-5,7-8,10-12,17H,1-2,6,9H2/t17-/m0/s1. The number of benzene rings is 2. The Balaban J connectivity index is 1.67. The molecule has 1 aliphatic rings. The molecular weight excluding hydrogens is 323 g/mol. The van der Waals surface area contributed by atoms with E-state index >= 15 is 0 Å². The Morgan fingerprint density at radius 2 is 2.12 bits per heavy atom. The molecule has 2 heterocycles. The number of hydrogen-bond acceptors (Lipinski definition) is 3. The molecular formula is C19H17FN2OS. The molecule has 0 bridgehead atoms. The van der Waals surface area contributed by atoms with Crippen molar-refractivity contribution >= 4 is 27.5 Å². The van der Waals surface area contributed by atoms with E-state index in [1.807, 2.05) is 29.2 Å². The second kappa shape index (κ2) is 6.32. The summed E-state index contributed by atoms with van der Waals surface area (Å²) in [5.74, 6) is -0.240. The van der Waals surface area contributed by atoms with Gasteiger partial charge in [0, 0.05) is 12.1 Å². The Labute approximate surface area is 143 Å². The smallest absolute Gasteiger partial charge is 0.254 e. The van der Waals surface area contributed by atoms with Crippen LogP contribution in [0.2, 0.25) is 0 Å². The van der Waals surface area contributed by atoms with Crippen molar-refractivity contribution in [3.8, 4) is 0 Å². The van der Waals surface area contributed by atoms with Crippen LogP contribution in [0.3, 0.4) is 0 Å². The van der Waals surface area contributed by atoms with Crippen LogP contribution in [0.25, 0.3) is 10.2 Å². The Bertz CT molecular complexity index is 892. The molecule has 0 saturated carbocycles. The maximum absolute atomic E-state index is 13.6. The number of hydrogen-bond donors (Lipinski definition) is 0. The lowest BCUT2D eigenvalue weighted by Crippen LogP contribution is -2.38. The Kier molecular flexibility index (Phi) is 4.02. The molecule has 1 saturated heterocycles. The zero-order chi connectivity index (χ0) is 16.5. The predicted octanol–water partition coefficient (Wildman–Crippen LogP) is 4.80. The monoisotopic (exact) mass is 340 g/mol. The summed E-state index contributed by atoms with van der Waals surface area (Å²) in [4.78, 5) is 19.2. The van der Waals surface area contributed by atoms with E-state index in [0.29, 0.717) is 12.1 Å². The molecule has 24 heavy (non-hydrogen) atoms. The summed E-state index contributed by atoms with van der Waals surface area (Å²) in [7, 11) is 0. The summed E-state index contributed by atoms with van der Waals surface area (Å²) in [5.41, 5.74) is 4.25. The Hall–Kier alpha value is -2.27. The lowest BCUT2D eigenvalue weighted by atomic mass is 9.94. The fraction of sp³-hybridized carbons (Fsp3) is 0.263. The van der Waals surface area contributed by atoms with Crippen molar-refractivity contribution in [3.63, 3.8) is 0 Å². The molecule has 0 unspecified atom stereocenters. The first-order valence-electron chi connectivity index (χ1n) is 8.12. The van der Waals surface area contributed by atoms with E-state index in [0.717, 1.165) is 35.0 Å². The number of nitrogens with zero attached hydrogens (tertiary/aromatic N) is 2. The predicted molar refractivity (Wildman–Crippen MR) is 93.6 cm³/mol. The molecule has 5 heteroatoms. The zero-order valence-corrected chi connectivity index (χ0v) is 13.9. The van der Waals surface area contributed by atoms with Crippen LogP contribution in [0, 0.1) is 5.82 Å². The molecule has 1 atom stereocenters. The molecule has 0 spiro atoms. The number of carbonyl (C=O) groups excluding carboxylic acids is 1. The molecule has 0 N–H and O–H groups in total. The van der Waals surface area contributed by atoms with Gasteiger partial charge in [-0.05, 0) is 55.2 Å². The van der Waals surface area contributed by atoms with Crippen LogP contribution in [0.4, 0.5) is 4.39 Å². The first-order chi connectivity index (χ1) is 11.7. The lowest BCUT2D eigenvalue weighted by Gasteiger charge is -2.36. The minimum atomic E-state index is -0.253. The highest BCUT2D eigenvalue weighted by Crippen LogP contribution is 2.33. The summed E-state index contributed by atoms with van der Waals surface area (Å²) in [6.45, 7) is 0.709. The molecule has 1 aliphatic heterocycles. The fourth-order valence-electron chi connectivity index (χ4n) is 3.39. The van der Waals surface area contributed by atoms with Crippen LogP contribution in [-0.2, 0) is 0 Å². The first-order valence-corrected chi connectivity index (χ1v) is 9.00. The van der Waals surface area contributed by atoms with Crippen molar-refractivity contribution in [2.45, 2.75) is 25.3 Å². The molecule has 3 nitrogen and oxygen atoms in total. The second-order valence-electron chi connectivity index (χ2n) is 6.10. The third-order valence-corrected chi connectivity index (χ3v) is 5.37. The van der Waals surface area contributed by atoms with Crippen LogP contribution in [-0.4, -0.2) is 22.3 Å². The van der Waals surface area contributed by atoms with Gasteiger partial charge in [0.1, 0.15) is 5.82 Å². The van der Waals surface area contributed by atoms with E-state index in [9.17, 15) is 9.18 Å². The van der Waals surface area contributed by atoms with Crippen molar-refractivity contribution < 1.29 is 9.18 Å². The van der Waals surface area contributed by atoms with Gasteiger partial charge in [-0.3, -0.25) is 4.79 Å². The number of piperidine rings is 1. The number of likely N-dealkylation sites (tertiary alicyclic amines) is 1. The molecule has 0 aliphatic carbocycles. The van der Waals surface area contributed by atoms with Gasteiger partial charge < -0.3 is 4.90 Å². The number of fused-ring (bicyclic) bond motifs is 1. The van der Waals surface area contributed by atoms with Gasteiger partial charge in [-0.1, -0.05) is 12.1 Å². The molecule has 1 aromatic heterocycles. The molecule has 2 aromatic carbocycles. The summed E-state index contributed by atoms with van der Waals surface area (Å²) in [6.07, 6.45) is 2.91. The van der Waals surface area contributed by atoms with E-state index in [2.05, 4.69) is 4.98 Å². The number of thiazole rings is 1. The molecule has 0 radical (unpaired) electrons. The Morgan fingerprint density at radius 1 is 1.21 bits per heavy atom. The number of rotatable bonds is 2. The maximum Gasteiger partial charge on any atom is 0.254 e. The highest BCUT2D eigenvalue weighted by Gasteiger charge is 2.29. The number of carbonyl (C=O) groups is 1. The quantitative estimate of drug-likeness (QED) is 0.671. The summed E-state index contributed by atoms with van der Waals surface area (Å²) < 4.78 is 14.6. The number of aromatic nitrogens is 1. The first kappa shape index (κ1) is 15.3. The van der Waals surface area contributed by atoms with Gasteiger partial charge >= 0.3 is 0 Å². The van der Waals surface area contributed by atoms with Crippen molar-refractivity contribution in [2.24, 2.45) is 0 Å². The third-order valence-electron chi connectivity index (χ3n) is 4.58. The van der Waals surface area contributed by atoms with Crippen LogP contribution >= 0.6 is 11.3 Å². The van der Waals surface area contributed by atoms with E-state index < -0.39 is 0 Å². The van der Waals surface area contributed by atoms with Gasteiger partial charge in [-0.2, -0.15) is 0 Å². The summed E-state index contributed by atoms with van der Waals surface area (Å²) >= 11 is 1.53. The zero-order valence-electron chi connectivity index (χ0n) is 13.1. The van der Waals surface area contributed by atoms with Crippen LogP contribution in [0.5, 0.6) is 0 Å². The highest BCUT2D eigenvalue weighted by molar-refractivity contribution is 7.16. The van der Waals surface area contributed by atoms with Gasteiger partial charge in [0.25, 0.3) is 5.91 Å². The van der Waals surface area contributed by atoms with Crippen LogP contribution < -0.4 is 0 Å². The van der Waals surface area contributed by atoms with Crippen LogP contribution in [0.15, 0.2) is 48.0 Å². The van der Waals surface area contributed by atoms with Crippen molar-refractivity contribution in [2.75, 3.05) is 6.54 Å². The minimum absolute atomic E-state index is 0.0132. The van der Waals surface area contributed by atoms with Gasteiger partial charge in [-0.15, -0.1) is 11.3 Å². The maximum atomic E-state index is 13.6. The average Bonchev–Trinajstić information content (AvgIpc) is 3.09. The lowest BCUT2D eigenvalue weighted by molar-refractivity contribution is 0.0611. The average molecular weight is 340 g/mol. The highest BCUT2D eigenvalue weighted by atomic mass is 32.1. The van der Waals surface area contributed by atoms with Crippen molar-refractivity contribution in [3.05, 3.63) is 64.9 Å². The molecule has 1 fully saturated rings. The number of halogens is 1. The van der Waals surface area contributed by atoms with Gasteiger partial charge in [0.05, 0.1) is 21.8 Å². The van der Waals surface area contributed by atoms with Crippen LogP contribution in [0.1, 0.15) is 41.2 Å². The molecule has 4 rings (SSSR count). The Morgan fingerprint density at radius 3 is 3.00 bits per heavy atom. The minimum Gasteiger partial charge on any atom is -0.332 e. The van der Waals surface area contributed by atoms with Gasteiger partial charge in [0.15, 0.2) is 0 Å². The SMILES string of the molecule is O=C(c1ccc2ncsc2c1)N1CCCC[C@H]1c1cccc(F)c1. The summed E-state index contributed by atoms with van der Waals surface area (Å²) in [6, 6.07) is 12.2. The largest absolute Gasteiger partial charge is 0.332 e. The normalized spacial score (nSPS) is 18.0. The molecule has 1 amide bonds. The van der Waals surface area contributed by atoms with E-state index in [-0.39, 0.29) is 17.8 Å². The number of amides is 1. The van der Waals surface area contributed by atoms with Crippen molar-refractivity contribution in [1.29, 1.82) is 0 Å². The van der Waals surface area contributed by atoms with Crippen molar-refractivity contribution in [1.82, 2.24) is 9.88 Å². The second-order valence-corrected chi connectivity index (χ2v) is 6.99. The summed E-state index contributed by atoms with van der Waals surface area (Å²) in [5, 5.41) is 0. The molecule has 122 valence electrons. The van der Waals surface area contributed by atoms with E-state index in [1.54, 1.807) is 17.6 Å².